The monoisotopic (exact) mass is 636 g/mol. The van der Waals surface area contributed by atoms with Crippen LogP contribution in [0.3, 0.4) is 0 Å². The minimum absolute atomic E-state index is 0.00456. The molecule has 1 amide bonds. The van der Waals surface area contributed by atoms with Gasteiger partial charge in [-0.3, -0.25) is 9.78 Å². The maximum Gasteiger partial charge on any atom is 0.356 e. The number of fused-ring (bicyclic) bond motifs is 5. The van der Waals surface area contributed by atoms with Crippen molar-refractivity contribution in [3.05, 3.63) is 76.0 Å². The van der Waals surface area contributed by atoms with Crippen molar-refractivity contribution in [2.45, 2.75) is 45.7 Å². The summed E-state index contributed by atoms with van der Waals surface area (Å²) in [5, 5.41) is 0.377. The number of aromatic nitrogens is 4. The number of amides is 1. The summed E-state index contributed by atoms with van der Waals surface area (Å²) in [5.74, 6) is -2.01. The molecule has 1 aromatic carbocycles. The van der Waals surface area contributed by atoms with Crippen molar-refractivity contribution in [2.24, 2.45) is 0 Å². The first kappa shape index (κ1) is 30.4. The van der Waals surface area contributed by atoms with Crippen LogP contribution in [0.4, 0.5) is 14.6 Å². The van der Waals surface area contributed by atoms with Crippen LogP contribution in [0.5, 0.6) is 11.5 Å². The van der Waals surface area contributed by atoms with Crippen LogP contribution in [0.25, 0.3) is 28.0 Å². The zero-order chi connectivity index (χ0) is 32.2. The Morgan fingerprint density at radius 3 is 2.53 bits per heavy atom. The van der Waals surface area contributed by atoms with E-state index in [2.05, 4.69) is 16.5 Å². The van der Waals surface area contributed by atoms with E-state index in [9.17, 15) is 14.0 Å². The lowest BCUT2D eigenvalue weighted by Gasteiger charge is -2.44. The van der Waals surface area contributed by atoms with Gasteiger partial charge in [0.05, 0.1) is 27.4 Å². The molecule has 5 heterocycles. The molecule has 0 unspecified atom stereocenters. The van der Waals surface area contributed by atoms with Gasteiger partial charge in [-0.2, -0.15) is 4.98 Å². The van der Waals surface area contributed by atoms with Gasteiger partial charge in [0.15, 0.2) is 17.3 Å². The summed E-state index contributed by atoms with van der Waals surface area (Å²) in [4.78, 5) is 44.2. The van der Waals surface area contributed by atoms with E-state index in [1.54, 1.807) is 23.2 Å². The van der Waals surface area contributed by atoms with Crippen LogP contribution in [-0.2, 0) is 4.79 Å². The van der Waals surface area contributed by atoms with E-state index < -0.39 is 17.3 Å². The number of nitrogens with zero attached hydrogens (tertiary/aromatic N) is 6. The number of pyridine rings is 2. The Balaban J connectivity index is 1.70. The van der Waals surface area contributed by atoms with E-state index in [0.29, 0.717) is 35.6 Å². The first-order chi connectivity index (χ1) is 21.5. The molecule has 0 aliphatic carbocycles. The molecule has 10 nitrogen and oxygen atoms in total. The molecule has 3 aromatic heterocycles. The smallest absolute Gasteiger partial charge is 0.356 e. The maximum atomic E-state index is 15.5. The Morgan fingerprint density at radius 2 is 1.82 bits per heavy atom. The van der Waals surface area contributed by atoms with Gasteiger partial charge in [-0.05, 0) is 44.0 Å². The van der Waals surface area contributed by atoms with Crippen molar-refractivity contribution in [1.29, 1.82) is 0 Å². The molecule has 2 atom stereocenters. The summed E-state index contributed by atoms with van der Waals surface area (Å²) in [6.45, 7) is 12.0. The zero-order valence-electron chi connectivity index (χ0n) is 25.2. The summed E-state index contributed by atoms with van der Waals surface area (Å²) in [7, 11) is 0. The molecule has 1 saturated heterocycles. The maximum absolute atomic E-state index is 15.5. The highest BCUT2D eigenvalue weighted by Crippen LogP contribution is 2.41. The summed E-state index contributed by atoms with van der Waals surface area (Å²) in [6.07, 6.45) is 2.86. The summed E-state index contributed by atoms with van der Waals surface area (Å²) in [5.41, 5.74) is -0.126. The molecule has 6 rings (SSSR count). The number of ether oxygens (including phenoxy) is 2. The van der Waals surface area contributed by atoms with E-state index >= 15 is 4.39 Å². The van der Waals surface area contributed by atoms with Crippen LogP contribution in [0.15, 0.2) is 47.9 Å². The molecule has 13 heteroatoms. The topological polar surface area (TPSA) is 103 Å². The highest BCUT2D eigenvalue weighted by atomic mass is 35.5. The molecule has 2 aliphatic rings. The van der Waals surface area contributed by atoms with Crippen LogP contribution < -0.4 is 20.1 Å². The highest BCUT2D eigenvalue weighted by Gasteiger charge is 2.35. The second kappa shape index (κ2) is 11.7. The number of rotatable bonds is 3. The minimum atomic E-state index is -1.20. The lowest BCUT2D eigenvalue weighted by molar-refractivity contribution is -0.128. The van der Waals surface area contributed by atoms with E-state index in [1.165, 1.54) is 16.7 Å². The molecular weight excluding hydrogens is 606 g/mol. The number of piperazine rings is 1. The fourth-order valence-corrected chi connectivity index (χ4v) is 6.19. The Hall–Kier alpha value is -4.58. The number of carbonyl (C=O) groups is 1. The fourth-order valence-electron chi connectivity index (χ4n) is 5.94. The minimum Gasteiger partial charge on any atom is -0.489 e. The Bertz CT molecular complexity index is 1920. The third kappa shape index (κ3) is 5.16. The summed E-state index contributed by atoms with van der Waals surface area (Å²) < 4.78 is 43.4. The normalized spacial score (nSPS) is 18.0. The van der Waals surface area contributed by atoms with Crippen molar-refractivity contribution < 1.29 is 23.0 Å². The average molecular weight is 637 g/mol. The molecule has 0 spiro atoms. The fraction of sp³-hybridized carbons (Fsp3) is 0.344. The second-order valence-corrected chi connectivity index (χ2v) is 11.8. The molecule has 4 aromatic rings. The van der Waals surface area contributed by atoms with Crippen LogP contribution >= 0.6 is 11.6 Å². The van der Waals surface area contributed by atoms with Crippen molar-refractivity contribution >= 4 is 34.4 Å². The third-order valence-corrected chi connectivity index (χ3v) is 8.38. The van der Waals surface area contributed by atoms with Crippen molar-refractivity contribution in [2.75, 3.05) is 31.2 Å². The molecule has 0 saturated carbocycles. The van der Waals surface area contributed by atoms with Crippen molar-refractivity contribution in [3.63, 3.8) is 0 Å². The number of halogens is 3. The number of carbonyl (C=O) groups excluding carboxylic acids is 1. The number of hydrogen-bond acceptors (Lipinski definition) is 8. The Kier molecular flexibility index (Phi) is 7.94. The Labute approximate surface area is 262 Å². The van der Waals surface area contributed by atoms with Gasteiger partial charge in [-0.1, -0.05) is 32.0 Å². The molecule has 45 heavy (non-hydrogen) atoms. The molecule has 0 N–H and O–H groups in total. The van der Waals surface area contributed by atoms with Crippen LogP contribution in [0, 0.1) is 11.6 Å². The van der Waals surface area contributed by atoms with Gasteiger partial charge < -0.3 is 19.3 Å². The first-order valence-electron chi connectivity index (χ1n) is 14.6. The molecule has 0 radical (unpaired) electrons. The largest absolute Gasteiger partial charge is 0.489 e. The predicted molar refractivity (Wildman–Crippen MR) is 167 cm³/mol. The lowest BCUT2D eigenvalue weighted by Crippen LogP contribution is -2.58. The van der Waals surface area contributed by atoms with Gasteiger partial charge in [-0.15, -0.1) is 0 Å². The predicted octanol–water partition coefficient (Wildman–Crippen LogP) is 5.28. The standard InChI is InChI=1S/C32H31ClF2N6O4/c1-6-24(42)39-14-18(5)40(15-17(39)4)30-19-13-20(33)28-25-22(8-7-21(34)26(25)35)44-11-12-45-23-9-10-36-27(16(2)3)29(23)41(31(19)37-28)32(43)38-30/h6-10,13,16-18H,1,11-12,14-15H2,2-5H3/t17-,18+/m1/s1. The van der Waals surface area contributed by atoms with Crippen molar-refractivity contribution in [1.82, 2.24) is 24.4 Å². The summed E-state index contributed by atoms with van der Waals surface area (Å²) in [6, 6.07) is 4.95. The van der Waals surface area contributed by atoms with Crippen LogP contribution in [0.2, 0.25) is 5.02 Å². The van der Waals surface area contributed by atoms with Gasteiger partial charge in [0.25, 0.3) is 0 Å². The van der Waals surface area contributed by atoms with E-state index in [4.69, 9.17) is 26.1 Å². The van der Waals surface area contributed by atoms with Gasteiger partial charge in [0.1, 0.15) is 36.2 Å². The SMILES string of the molecule is C=CC(=O)N1C[C@H](C)N(c2nc(=O)n3c4nc(c(Cl)cc24)-c2c(ccc(F)c2F)OCCOc2ccnc(C(C)C)c2-3)C[C@H]1C. The van der Waals surface area contributed by atoms with Gasteiger partial charge in [0, 0.05) is 37.4 Å². The number of anilines is 1. The van der Waals surface area contributed by atoms with Crippen LogP contribution in [-0.4, -0.2) is 68.7 Å². The molecular formula is C32H31ClF2N6O4. The van der Waals surface area contributed by atoms with E-state index in [0.717, 1.165) is 6.07 Å². The third-order valence-electron chi connectivity index (χ3n) is 8.10. The summed E-state index contributed by atoms with van der Waals surface area (Å²) >= 11 is 6.82. The van der Waals surface area contributed by atoms with Gasteiger partial charge >= 0.3 is 5.69 Å². The molecule has 234 valence electrons. The quantitative estimate of drug-likeness (QED) is 0.280. The molecule has 2 aliphatic heterocycles. The average Bonchev–Trinajstić information content (AvgIpc) is 3.01. The van der Waals surface area contributed by atoms with Crippen LogP contribution in [0.1, 0.15) is 39.3 Å². The lowest BCUT2D eigenvalue weighted by atomic mass is 10.0. The second-order valence-electron chi connectivity index (χ2n) is 11.4. The first-order valence-corrected chi connectivity index (χ1v) is 15.0. The number of hydrogen-bond donors (Lipinski definition) is 0. The zero-order valence-corrected chi connectivity index (χ0v) is 25.9. The molecule has 1 fully saturated rings. The van der Waals surface area contributed by atoms with Gasteiger partial charge in [0.2, 0.25) is 5.91 Å². The Morgan fingerprint density at radius 1 is 1.09 bits per heavy atom. The van der Waals surface area contributed by atoms with E-state index in [-0.39, 0.29) is 70.6 Å². The molecule has 2 bridgehead atoms. The van der Waals surface area contributed by atoms with Gasteiger partial charge in [-0.25, -0.2) is 23.1 Å². The highest BCUT2D eigenvalue weighted by molar-refractivity contribution is 6.34. The number of benzene rings is 1. The van der Waals surface area contributed by atoms with E-state index in [1.807, 2.05) is 32.6 Å². The van der Waals surface area contributed by atoms with Crippen molar-refractivity contribution in [3.8, 4) is 28.4 Å².